The molecule has 0 bridgehead atoms. The molecule has 0 aliphatic carbocycles. The molecule has 2 rings (SSSR count). The van der Waals surface area contributed by atoms with Gasteiger partial charge in [-0.1, -0.05) is 17.7 Å². The maximum atomic E-state index is 5.74. The normalized spacial score (nSPS) is 17.5. The van der Waals surface area contributed by atoms with E-state index in [1.54, 1.807) is 18.5 Å². The first kappa shape index (κ1) is 11.4. The van der Waals surface area contributed by atoms with Gasteiger partial charge in [-0.05, 0) is 30.0 Å². The lowest BCUT2D eigenvalue weighted by Gasteiger charge is -2.22. The smallest absolute Gasteiger partial charge is 0.129 e. The number of nitrogens with two attached hydrogens (primary N) is 1. The van der Waals surface area contributed by atoms with Gasteiger partial charge >= 0.3 is 0 Å². The zero-order valence-electron chi connectivity index (χ0n) is 8.82. The third kappa shape index (κ3) is 2.52. The van der Waals surface area contributed by atoms with E-state index in [0.717, 1.165) is 30.6 Å². The zero-order chi connectivity index (χ0) is 11.4. The van der Waals surface area contributed by atoms with Crippen molar-refractivity contribution in [1.29, 1.82) is 0 Å². The van der Waals surface area contributed by atoms with Gasteiger partial charge in [-0.25, -0.2) is 10.4 Å². The molecule has 0 radical (unpaired) electrons. The average molecular weight is 240 g/mol. The Morgan fingerprint density at radius 2 is 2.38 bits per heavy atom. The minimum Gasteiger partial charge on any atom is -0.501 e. The van der Waals surface area contributed by atoms with Crippen LogP contribution in [0.2, 0.25) is 5.15 Å². The molecule has 5 heteroatoms. The molecule has 1 aromatic rings. The van der Waals surface area contributed by atoms with Crippen molar-refractivity contribution in [2.24, 2.45) is 5.84 Å². The Hall–Kier alpha value is -1.10. The van der Waals surface area contributed by atoms with Crippen LogP contribution in [-0.4, -0.2) is 11.6 Å². The molecule has 1 aliphatic heterocycles. The van der Waals surface area contributed by atoms with Gasteiger partial charge in [-0.15, -0.1) is 0 Å². The molecule has 4 nitrogen and oxygen atoms in total. The van der Waals surface area contributed by atoms with Crippen molar-refractivity contribution in [3.63, 3.8) is 0 Å². The summed E-state index contributed by atoms with van der Waals surface area (Å²) in [6, 6.07) is 3.62. The number of aromatic nitrogens is 1. The Morgan fingerprint density at radius 1 is 1.50 bits per heavy atom. The third-order valence-electron chi connectivity index (χ3n) is 2.58. The van der Waals surface area contributed by atoms with Gasteiger partial charge in [-0.3, -0.25) is 5.84 Å². The van der Waals surface area contributed by atoms with Crippen molar-refractivity contribution < 1.29 is 4.74 Å². The Bertz CT molecular complexity index is 377. The summed E-state index contributed by atoms with van der Waals surface area (Å²) >= 11 is 5.74. The molecule has 1 atom stereocenters. The zero-order valence-corrected chi connectivity index (χ0v) is 9.57. The minimum absolute atomic E-state index is 0.0509. The second kappa shape index (κ2) is 5.30. The number of rotatable bonds is 3. The topological polar surface area (TPSA) is 60.2 Å². The van der Waals surface area contributed by atoms with Crippen molar-refractivity contribution in [3.8, 4) is 0 Å². The summed E-state index contributed by atoms with van der Waals surface area (Å²) in [5.41, 5.74) is 4.90. The second-order valence-corrected chi connectivity index (χ2v) is 4.07. The molecular weight excluding hydrogens is 226 g/mol. The predicted molar refractivity (Wildman–Crippen MR) is 62.6 cm³/mol. The van der Waals surface area contributed by atoms with Gasteiger partial charge in [0.05, 0.1) is 18.9 Å². The number of ether oxygens (including phenoxy) is 1. The molecule has 3 N–H and O–H groups in total. The summed E-state index contributed by atoms with van der Waals surface area (Å²) in [6.07, 6.45) is 5.51. The van der Waals surface area contributed by atoms with E-state index in [2.05, 4.69) is 10.4 Å². The Kier molecular flexibility index (Phi) is 3.77. The molecule has 0 aromatic carbocycles. The highest BCUT2D eigenvalue weighted by molar-refractivity contribution is 6.29. The Balaban J connectivity index is 2.21. The first-order chi connectivity index (χ1) is 7.81. The monoisotopic (exact) mass is 239 g/mol. The van der Waals surface area contributed by atoms with E-state index in [1.165, 1.54) is 0 Å². The van der Waals surface area contributed by atoms with E-state index in [-0.39, 0.29) is 6.04 Å². The van der Waals surface area contributed by atoms with Crippen molar-refractivity contribution in [2.75, 3.05) is 6.61 Å². The van der Waals surface area contributed by atoms with Gasteiger partial charge in [0.15, 0.2) is 0 Å². The number of hydrogen-bond acceptors (Lipinski definition) is 4. The van der Waals surface area contributed by atoms with Crippen LogP contribution in [0.5, 0.6) is 0 Å². The molecule has 0 amide bonds. The molecule has 16 heavy (non-hydrogen) atoms. The molecule has 1 unspecified atom stereocenters. The lowest BCUT2D eigenvalue weighted by molar-refractivity contribution is 0.219. The number of halogens is 1. The largest absolute Gasteiger partial charge is 0.501 e. The fraction of sp³-hybridized carbons (Fsp3) is 0.364. The van der Waals surface area contributed by atoms with Crippen LogP contribution in [0.4, 0.5) is 0 Å². The van der Waals surface area contributed by atoms with E-state index in [1.807, 2.05) is 6.07 Å². The van der Waals surface area contributed by atoms with Gasteiger partial charge in [0.25, 0.3) is 0 Å². The molecule has 2 heterocycles. The van der Waals surface area contributed by atoms with Gasteiger partial charge in [0.2, 0.25) is 0 Å². The molecule has 0 spiro atoms. The standard InChI is InChI=1S/C11H14ClN3O/c12-10-4-3-8(6-14-10)11(15-13)9-2-1-5-16-7-9/h3-4,6-7,11,15H,1-2,5,13H2. The molecule has 1 aliphatic rings. The average Bonchev–Trinajstić information content (AvgIpc) is 2.34. The number of nitrogens with one attached hydrogen (secondary N) is 1. The molecule has 1 aromatic heterocycles. The van der Waals surface area contributed by atoms with Crippen LogP contribution in [0.15, 0.2) is 30.2 Å². The van der Waals surface area contributed by atoms with Crippen molar-refractivity contribution >= 4 is 11.6 Å². The summed E-state index contributed by atoms with van der Waals surface area (Å²) in [5, 5.41) is 0.480. The van der Waals surface area contributed by atoms with Crippen LogP contribution in [0, 0.1) is 0 Å². The molecule has 86 valence electrons. The minimum atomic E-state index is -0.0509. The Labute approximate surface area is 99.4 Å². The SMILES string of the molecule is NNC(C1=COCCC1)c1ccc(Cl)nc1. The number of pyridine rings is 1. The van der Waals surface area contributed by atoms with Gasteiger partial charge in [0, 0.05) is 6.20 Å². The van der Waals surface area contributed by atoms with E-state index in [0.29, 0.717) is 5.15 Å². The molecular formula is C11H14ClN3O. The van der Waals surface area contributed by atoms with E-state index in [9.17, 15) is 0 Å². The van der Waals surface area contributed by atoms with Crippen molar-refractivity contribution in [3.05, 3.63) is 40.9 Å². The van der Waals surface area contributed by atoms with Crippen molar-refractivity contribution in [1.82, 2.24) is 10.4 Å². The summed E-state index contributed by atoms with van der Waals surface area (Å²) in [4.78, 5) is 4.04. The second-order valence-electron chi connectivity index (χ2n) is 3.68. The Morgan fingerprint density at radius 3 is 2.94 bits per heavy atom. The first-order valence-corrected chi connectivity index (χ1v) is 5.57. The fourth-order valence-corrected chi connectivity index (χ4v) is 1.88. The summed E-state index contributed by atoms with van der Waals surface area (Å²) in [7, 11) is 0. The third-order valence-corrected chi connectivity index (χ3v) is 2.81. The molecule has 0 saturated heterocycles. The van der Waals surface area contributed by atoms with Crippen LogP contribution >= 0.6 is 11.6 Å². The van der Waals surface area contributed by atoms with Crippen molar-refractivity contribution in [2.45, 2.75) is 18.9 Å². The van der Waals surface area contributed by atoms with Gasteiger partial charge in [0.1, 0.15) is 5.15 Å². The lowest BCUT2D eigenvalue weighted by Crippen LogP contribution is -2.30. The van der Waals surface area contributed by atoms with Crippen LogP contribution in [0.1, 0.15) is 24.4 Å². The number of hydrazine groups is 1. The highest BCUT2D eigenvalue weighted by Crippen LogP contribution is 2.26. The first-order valence-electron chi connectivity index (χ1n) is 5.19. The number of hydrogen-bond donors (Lipinski definition) is 2. The highest BCUT2D eigenvalue weighted by Gasteiger charge is 2.17. The van der Waals surface area contributed by atoms with Crippen LogP contribution < -0.4 is 11.3 Å². The highest BCUT2D eigenvalue weighted by atomic mass is 35.5. The molecule has 0 fully saturated rings. The van der Waals surface area contributed by atoms with Gasteiger partial charge < -0.3 is 4.74 Å². The number of nitrogens with zero attached hydrogens (tertiary/aromatic N) is 1. The van der Waals surface area contributed by atoms with Crippen LogP contribution in [-0.2, 0) is 4.74 Å². The van der Waals surface area contributed by atoms with E-state index in [4.69, 9.17) is 22.2 Å². The quantitative estimate of drug-likeness (QED) is 0.481. The van der Waals surface area contributed by atoms with Gasteiger partial charge in [-0.2, -0.15) is 0 Å². The molecule has 0 saturated carbocycles. The maximum absolute atomic E-state index is 5.74. The maximum Gasteiger partial charge on any atom is 0.129 e. The fourth-order valence-electron chi connectivity index (χ4n) is 1.77. The summed E-state index contributed by atoms with van der Waals surface area (Å²) in [5.74, 6) is 5.57. The summed E-state index contributed by atoms with van der Waals surface area (Å²) in [6.45, 7) is 0.777. The predicted octanol–water partition coefficient (Wildman–Crippen LogP) is 1.93. The summed E-state index contributed by atoms with van der Waals surface area (Å²) < 4.78 is 5.31. The van der Waals surface area contributed by atoms with Crippen LogP contribution in [0.25, 0.3) is 0 Å². The van der Waals surface area contributed by atoms with E-state index >= 15 is 0 Å². The van der Waals surface area contributed by atoms with E-state index < -0.39 is 0 Å². The lowest BCUT2D eigenvalue weighted by atomic mass is 9.97. The van der Waals surface area contributed by atoms with Crippen LogP contribution in [0.3, 0.4) is 0 Å².